The Morgan fingerprint density at radius 1 is 1.42 bits per heavy atom. The van der Waals surface area contributed by atoms with Crippen LogP contribution in [0, 0.1) is 0 Å². The van der Waals surface area contributed by atoms with E-state index in [1.807, 2.05) is 18.2 Å². The molecule has 0 fully saturated rings. The van der Waals surface area contributed by atoms with Crippen molar-refractivity contribution >= 4 is 11.1 Å². The normalized spacial score (nSPS) is 13.3. The molecule has 2 aromatic rings. The summed E-state index contributed by atoms with van der Waals surface area (Å²) in [5.41, 5.74) is 2.65. The van der Waals surface area contributed by atoms with Crippen LogP contribution in [-0.4, -0.2) is 36.7 Å². The molecule has 0 aliphatic carbocycles. The minimum atomic E-state index is -0.319. The highest BCUT2D eigenvalue weighted by atomic mass is 16.4. The van der Waals surface area contributed by atoms with E-state index in [-0.39, 0.29) is 11.8 Å². The highest BCUT2D eigenvalue weighted by Crippen LogP contribution is 2.22. The van der Waals surface area contributed by atoms with Gasteiger partial charge in [0.2, 0.25) is 0 Å². The number of aryl methyl sites for hydroxylation is 1. The Labute approximate surface area is 112 Å². The molecular formula is C14H21N3O2. The molecule has 0 spiro atoms. The van der Waals surface area contributed by atoms with Crippen LogP contribution in [0.3, 0.4) is 0 Å². The average molecular weight is 263 g/mol. The zero-order valence-corrected chi connectivity index (χ0v) is 11.9. The van der Waals surface area contributed by atoms with Gasteiger partial charge in [0.15, 0.2) is 5.58 Å². The molecule has 1 aromatic carbocycles. The smallest absolute Gasteiger partial charge is 0.408 e. The molecule has 0 saturated carbocycles. The number of benzene rings is 1. The summed E-state index contributed by atoms with van der Waals surface area (Å²) < 4.78 is 6.69. The summed E-state index contributed by atoms with van der Waals surface area (Å²) in [5, 5.41) is 3.36. The zero-order valence-electron chi connectivity index (χ0n) is 11.9. The number of likely N-dealkylation sites (N-methyl/N-ethyl adjacent to an activating group) is 2. The fraction of sp³-hybridized carbons (Fsp3) is 0.500. The molecule has 1 aromatic heterocycles. The van der Waals surface area contributed by atoms with E-state index < -0.39 is 0 Å². The number of oxazole rings is 1. The monoisotopic (exact) mass is 263 g/mol. The molecule has 5 heteroatoms. The van der Waals surface area contributed by atoms with Crippen molar-refractivity contribution in [2.75, 3.05) is 27.2 Å². The van der Waals surface area contributed by atoms with Gasteiger partial charge in [0, 0.05) is 19.6 Å². The van der Waals surface area contributed by atoms with Crippen molar-refractivity contribution in [3.8, 4) is 0 Å². The summed E-state index contributed by atoms with van der Waals surface area (Å²) in [5.74, 6) is -0.319. The molecule has 0 amide bonds. The molecule has 0 aliphatic rings. The molecule has 2 rings (SSSR count). The van der Waals surface area contributed by atoms with Gasteiger partial charge in [-0.1, -0.05) is 13.0 Å². The number of hydrogen-bond donors (Lipinski definition) is 1. The number of rotatable bonds is 5. The van der Waals surface area contributed by atoms with E-state index in [9.17, 15) is 4.79 Å². The summed E-state index contributed by atoms with van der Waals surface area (Å²) in [6.07, 6.45) is 0. The van der Waals surface area contributed by atoms with Crippen molar-refractivity contribution in [1.82, 2.24) is 14.8 Å². The lowest BCUT2D eigenvalue weighted by Crippen LogP contribution is -2.30. The van der Waals surface area contributed by atoms with E-state index in [0.717, 1.165) is 18.6 Å². The molecule has 1 atom stereocenters. The van der Waals surface area contributed by atoms with Gasteiger partial charge in [-0.3, -0.25) is 4.57 Å². The Kier molecular flexibility index (Phi) is 4.07. The number of hydrogen-bond acceptors (Lipinski definition) is 4. The Morgan fingerprint density at radius 3 is 2.79 bits per heavy atom. The van der Waals surface area contributed by atoms with Crippen LogP contribution in [0.25, 0.3) is 11.1 Å². The second kappa shape index (κ2) is 5.59. The predicted molar refractivity (Wildman–Crippen MR) is 76.4 cm³/mol. The third kappa shape index (κ3) is 2.72. The van der Waals surface area contributed by atoms with Gasteiger partial charge >= 0.3 is 5.76 Å². The standard InChI is InChI=1S/C14H21N3O2/c1-5-15-9-12(16(2)3)10-6-7-13-11(8-10)17(4)14(18)19-13/h6-8,12,15H,5,9H2,1-4H3. The molecule has 0 aliphatic heterocycles. The van der Waals surface area contributed by atoms with E-state index >= 15 is 0 Å². The number of aromatic nitrogens is 1. The van der Waals surface area contributed by atoms with Crippen LogP contribution in [0.4, 0.5) is 0 Å². The van der Waals surface area contributed by atoms with Crippen LogP contribution in [0.5, 0.6) is 0 Å². The summed E-state index contributed by atoms with van der Waals surface area (Å²) in [6.45, 7) is 3.91. The SMILES string of the molecule is CCNCC(c1ccc2oc(=O)n(C)c2c1)N(C)C. The highest BCUT2D eigenvalue weighted by molar-refractivity contribution is 5.73. The second-order valence-corrected chi connectivity index (χ2v) is 4.94. The molecule has 0 saturated heterocycles. The van der Waals surface area contributed by atoms with E-state index in [2.05, 4.69) is 31.2 Å². The Morgan fingerprint density at radius 2 is 2.16 bits per heavy atom. The lowest BCUT2D eigenvalue weighted by atomic mass is 10.1. The maximum absolute atomic E-state index is 11.5. The summed E-state index contributed by atoms with van der Waals surface area (Å²) in [7, 11) is 5.84. The molecule has 1 heterocycles. The van der Waals surface area contributed by atoms with E-state index in [1.165, 1.54) is 5.56 Å². The van der Waals surface area contributed by atoms with Crippen molar-refractivity contribution in [2.45, 2.75) is 13.0 Å². The molecule has 1 N–H and O–H groups in total. The molecule has 104 valence electrons. The Bertz CT molecular complexity index is 613. The third-order valence-corrected chi connectivity index (χ3v) is 3.41. The van der Waals surface area contributed by atoms with Crippen molar-refractivity contribution in [2.24, 2.45) is 7.05 Å². The largest absolute Gasteiger partial charge is 0.419 e. The fourth-order valence-corrected chi connectivity index (χ4v) is 2.23. The molecular weight excluding hydrogens is 242 g/mol. The quantitative estimate of drug-likeness (QED) is 0.884. The van der Waals surface area contributed by atoms with Gasteiger partial charge in [0.25, 0.3) is 0 Å². The minimum absolute atomic E-state index is 0.273. The van der Waals surface area contributed by atoms with Gasteiger partial charge in [-0.25, -0.2) is 4.79 Å². The summed E-state index contributed by atoms with van der Waals surface area (Å²) >= 11 is 0. The molecule has 1 unspecified atom stereocenters. The average Bonchev–Trinajstić information content (AvgIpc) is 2.66. The minimum Gasteiger partial charge on any atom is -0.408 e. The summed E-state index contributed by atoms with van der Waals surface area (Å²) in [4.78, 5) is 13.7. The second-order valence-electron chi connectivity index (χ2n) is 4.94. The van der Waals surface area contributed by atoms with Crippen LogP contribution < -0.4 is 11.1 Å². The molecule has 5 nitrogen and oxygen atoms in total. The maximum Gasteiger partial charge on any atom is 0.419 e. The van der Waals surface area contributed by atoms with Crippen molar-refractivity contribution < 1.29 is 4.42 Å². The van der Waals surface area contributed by atoms with Gasteiger partial charge in [-0.15, -0.1) is 0 Å². The third-order valence-electron chi connectivity index (χ3n) is 3.41. The van der Waals surface area contributed by atoms with Gasteiger partial charge in [0.05, 0.1) is 5.52 Å². The van der Waals surface area contributed by atoms with E-state index in [4.69, 9.17) is 4.42 Å². The van der Waals surface area contributed by atoms with Gasteiger partial charge in [-0.2, -0.15) is 0 Å². The topological polar surface area (TPSA) is 50.4 Å². The summed E-state index contributed by atoms with van der Waals surface area (Å²) in [6, 6.07) is 6.19. The molecule has 19 heavy (non-hydrogen) atoms. The Hall–Kier alpha value is -1.59. The lowest BCUT2D eigenvalue weighted by Gasteiger charge is -2.25. The number of fused-ring (bicyclic) bond motifs is 1. The van der Waals surface area contributed by atoms with Crippen LogP contribution in [0.15, 0.2) is 27.4 Å². The lowest BCUT2D eigenvalue weighted by molar-refractivity contribution is 0.290. The first kappa shape index (κ1) is 13.8. The predicted octanol–water partition coefficient (Wildman–Crippen LogP) is 1.34. The van der Waals surface area contributed by atoms with Gasteiger partial charge in [-0.05, 0) is 38.3 Å². The maximum atomic E-state index is 11.5. The van der Waals surface area contributed by atoms with Gasteiger partial charge < -0.3 is 14.6 Å². The van der Waals surface area contributed by atoms with E-state index in [0.29, 0.717) is 5.58 Å². The highest BCUT2D eigenvalue weighted by Gasteiger charge is 2.15. The van der Waals surface area contributed by atoms with E-state index in [1.54, 1.807) is 11.6 Å². The molecule has 0 radical (unpaired) electrons. The first-order chi connectivity index (χ1) is 9.04. The Balaban J connectivity index is 2.42. The zero-order chi connectivity index (χ0) is 14.0. The van der Waals surface area contributed by atoms with Crippen LogP contribution in [-0.2, 0) is 7.05 Å². The van der Waals surface area contributed by atoms with Gasteiger partial charge in [0.1, 0.15) is 0 Å². The number of nitrogens with one attached hydrogen (secondary N) is 1. The first-order valence-corrected chi connectivity index (χ1v) is 6.51. The van der Waals surface area contributed by atoms with Crippen molar-refractivity contribution in [3.63, 3.8) is 0 Å². The van der Waals surface area contributed by atoms with Crippen LogP contribution >= 0.6 is 0 Å². The molecule has 0 bridgehead atoms. The van der Waals surface area contributed by atoms with Crippen molar-refractivity contribution in [3.05, 3.63) is 34.3 Å². The first-order valence-electron chi connectivity index (χ1n) is 6.51. The van der Waals surface area contributed by atoms with Crippen molar-refractivity contribution in [1.29, 1.82) is 0 Å². The number of nitrogens with zero attached hydrogens (tertiary/aromatic N) is 2. The van der Waals surface area contributed by atoms with Crippen LogP contribution in [0.1, 0.15) is 18.5 Å². The fourth-order valence-electron chi connectivity index (χ4n) is 2.23. The van der Waals surface area contributed by atoms with Crippen LogP contribution in [0.2, 0.25) is 0 Å².